The number of amides is 1. The topological polar surface area (TPSA) is 53.4 Å². The first kappa shape index (κ1) is 19.9. The van der Waals surface area contributed by atoms with Gasteiger partial charge in [0.15, 0.2) is 0 Å². The van der Waals surface area contributed by atoms with Gasteiger partial charge < -0.3 is 5.32 Å². The molecular weight excluding hydrogens is 350 g/mol. The van der Waals surface area contributed by atoms with E-state index in [9.17, 15) is 4.79 Å². The van der Waals surface area contributed by atoms with Crippen LogP contribution in [0.2, 0.25) is 0 Å². The largest absolute Gasteiger partial charge is 0.353 e. The van der Waals surface area contributed by atoms with Crippen molar-refractivity contribution in [1.29, 1.82) is 0 Å². The van der Waals surface area contributed by atoms with Crippen molar-refractivity contribution in [2.75, 3.05) is 26.2 Å². The van der Waals surface area contributed by atoms with Crippen LogP contribution in [0.15, 0.2) is 6.20 Å². The lowest BCUT2D eigenvalue weighted by atomic mass is 9.93. The third-order valence-electron chi connectivity index (χ3n) is 6.72. The number of likely N-dealkylation sites (tertiary alicyclic amines) is 2. The minimum atomic E-state index is 0.208. The van der Waals surface area contributed by atoms with Crippen molar-refractivity contribution in [2.24, 2.45) is 5.92 Å². The van der Waals surface area contributed by atoms with Crippen molar-refractivity contribution in [3.63, 3.8) is 0 Å². The van der Waals surface area contributed by atoms with Gasteiger partial charge >= 0.3 is 0 Å². The summed E-state index contributed by atoms with van der Waals surface area (Å²) >= 11 is 0. The van der Waals surface area contributed by atoms with Gasteiger partial charge in [0.2, 0.25) is 5.91 Å². The number of rotatable bonds is 7. The first-order valence-electron chi connectivity index (χ1n) is 11.4. The molecule has 3 aliphatic rings. The van der Waals surface area contributed by atoms with Gasteiger partial charge in [0, 0.05) is 43.5 Å². The quantitative estimate of drug-likeness (QED) is 0.781. The lowest BCUT2D eigenvalue weighted by Crippen LogP contribution is -2.50. The molecular formula is C22H37N5O. The summed E-state index contributed by atoms with van der Waals surface area (Å²) in [5.74, 6) is 0.517. The predicted octanol–water partition coefficient (Wildman–Crippen LogP) is 2.56. The molecule has 2 saturated heterocycles. The zero-order chi connectivity index (χ0) is 19.5. The second-order valence-corrected chi connectivity index (χ2v) is 9.13. The van der Waals surface area contributed by atoms with Crippen molar-refractivity contribution in [2.45, 2.75) is 84.0 Å². The second-order valence-electron chi connectivity index (χ2n) is 9.13. The van der Waals surface area contributed by atoms with Gasteiger partial charge in [0.25, 0.3) is 0 Å². The van der Waals surface area contributed by atoms with E-state index in [0.29, 0.717) is 18.0 Å². The number of hydrogen-bond donors (Lipinski definition) is 1. The molecule has 6 heteroatoms. The summed E-state index contributed by atoms with van der Waals surface area (Å²) in [5.41, 5.74) is 2.55. The molecule has 0 unspecified atom stereocenters. The van der Waals surface area contributed by atoms with Crippen LogP contribution in [0.4, 0.5) is 0 Å². The van der Waals surface area contributed by atoms with Gasteiger partial charge in [-0.2, -0.15) is 5.10 Å². The molecule has 0 radical (unpaired) electrons. The summed E-state index contributed by atoms with van der Waals surface area (Å²) in [5, 5.41) is 7.86. The van der Waals surface area contributed by atoms with Crippen LogP contribution in [-0.4, -0.2) is 63.8 Å². The lowest BCUT2D eigenvalue weighted by molar-refractivity contribution is -0.127. The molecule has 1 aromatic rings. The van der Waals surface area contributed by atoms with Crippen LogP contribution in [0.3, 0.4) is 0 Å². The molecule has 3 heterocycles. The van der Waals surface area contributed by atoms with Crippen molar-refractivity contribution in [1.82, 2.24) is 24.9 Å². The zero-order valence-electron chi connectivity index (χ0n) is 17.7. The van der Waals surface area contributed by atoms with Crippen molar-refractivity contribution in [3.8, 4) is 0 Å². The smallest absolute Gasteiger partial charge is 0.224 e. The van der Waals surface area contributed by atoms with Gasteiger partial charge in [0.05, 0.1) is 11.6 Å². The Labute approximate surface area is 169 Å². The number of piperidine rings is 2. The Hall–Kier alpha value is -1.40. The highest BCUT2D eigenvalue weighted by Gasteiger charge is 2.33. The number of carbonyl (C=O) groups is 1. The van der Waals surface area contributed by atoms with E-state index in [1.807, 2.05) is 0 Å². The molecule has 1 atom stereocenters. The van der Waals surface area contributed by atoms with Crippen LogP contribution < -0.4 is 5.32 Å². The first-order chi connectivity index (χ1) is 13.6. The summed E-state index contributed by atoms with van der Waals surface area (Å²) in [4.78, 5) is 17.7. The van der Waals surface area contributed by atoms with E-state index in [4.69, 9.17) is 0 Å². The van der Waals surface area contributed by atoms with E-state index in [0.717, 1.165) is 45.6 Å². The van der Waals surface area contributed by atoms with Crippen LogP contribution in [0.1, 0.15) is 63.1 Å². The van der Waals surface area contributed by atoms with E-state index in [2.05, 4.69) is 44.9 Å². The third-order valence-corrected chi connectivity index (χ3v) is 6.72. The number of nitrogens with zero attached hydrogens (tertiary/aromatic N) is 4. The highest BCUT2D eigenvalue weighted by molar-refractivity contribution is 5.79. The summed E-state index contributed by atoms with van der Waals surface area (Å²) < 4.78 is 2.10. The number of hydrogen-bond acceptors (Lipinski definition) is 4. The molecule has 1 N–H and O–H groups in total. The van der Waals surface area contributed by atoms with Crippen LogP contribution >= 0.6 is 0 Å². The minimum absolute atomic E-state index is 0.208. The van der Waals surface area contributed by atoms with Crippen LogP contribution in [0.5, 0.6) is 0 Å². The SMILES string of the molecule is CCCn1cc(CN2CCC(N3CCC[C@H](C(=O)NC4CC4)C3)CC2)c(C)n1. The molecule has 4 rings (SSSR count). The van der Waals surface area contributed by atoms with Gasteiger partial charge in [-0.15, -0.1) is 0 Å². The van der Waals surface area contributed by atoms with Gasteiger partial charge in [-0.3, -0.25) is 19.3 Å². The molecule has 3 fully saturated rings. The van der Waals surface area contributed by atoms with E-state index >= 15 is 0 Å². The maximum Gasteiger partial charge on any atom is 0.224 e. The fourth-order valence-electron chi connectivity index (χ4n) is 4.84. The second kappa shape index (κ2) is 8.95. The molecule has 0 bridgehead atoms. The molecule has 28 heavy (non-hydrogen) atoms. The Morgan fingerprint density at radius 2 is 1.96 bits per heavy atom. The van der Waals surface area contributed by atoms with E-state index in [-0.39, 0.29) is 5.92 Å². The number of aryl methyl sites for hydroxylation is 2. The van der Waals surface area contributed by atoms with Crippen LogP contribution in [0.25, 0.3) is 0 Å². The first-order valence-corrected chi connectivity index (χ1v) is 11.4. The Morgan fingerprint density at radius 3 is 2.68 bits per heavy atom. The van der Waals surface area contributed by atoms with Crippen molar-refractivity contribution >= 4 is 5.91 Å². The Kier molecular flexibility index (Phi) is 6.36. The molecule has 1 aliphatic carbocycles. The third kappa shape index (κ3) is 4.95. The maximum absolute atomic E-state index is 12.5. The van der Waals surface area contributed by atoms with E-state index in [1.165, 1.54) is 49.9 Å². The molecule has 1 saturated carbocycles. The predicted molar refractivity (Wildman–Crippen MR) is 111 cm³/mol. The summed E-state index contributed by atoms with van der Waals surface area (Å²) in [7, 11) is 0. The lowest BCUT2D eigenvalue weighted by Gasteiger charge is -2.42. The van der Waals surface area contributed by atoms with Crippen molar-refractivity contribution < 1.29 is 4.79 Å². The molecule has 1 aromatic heterocycles. The fourth-order valence-corrected chi connectivity index (χ4v) is 4.84. The van der Waals surface area contributed by atoms with Gasteiger partial charge in [-0.1, -0.05) is 6.92 Å². The fraction of sp³-hybridized carbons (Fsp3) is 0.818. The highest BCUT2D eigenvalue weighted by atomic mass is 16.2. The number of nitrogens with one attached hydrogen (secondary N) is 1. The molecule has 6 nitrogen and oxygen atoms in total. The Morgan fingerprint density at radius 1 is 1.18 bits per heavy atom. The standard InChI is InChI=1S/C22H37N5O/c1-3-10-27-16-19(17(2)24-27)14-25-12-8-21(9-13-25)26-11-4-5-18(15-26)22(28)23-20-6-7-20/h16,18,20-21H,3-15H2,1-2H3,(H,23,28)/t18-/m0/s1. The van der Waals surface area contributed by atoms with Crippen LogP contribution in [0, 0.1) is 12.8 Å². The molecule has 0 spiro atoms. The van der Waals surface area contributed by atoms with Gasteiger partial charge in [0.1, 0.15) is 0 Å². The number of carbonyl (C=O) groups excluding carboxylic acids is 1. The average Bonchev–Trinajstić information content (AvgIpc) is 3.45. The average molecular weight is 388 g/mol. The van der Waals surface area contributed by atoms with Crippen LogP contribution in [-0.2, 0) is 17.9 Å². The minimum Gasteiger partial charge on any atom is -0.353 e. The summed E-state index contributed by atoms with van der Waals surface area (Å²) in [6, 6.07) is 1.13. The number of aromatic nitrogens is 2. The molecule has 2 aliphatic heterocycles. The highest BCUT2D eigenvalue weighted by Crippen LogP contribution is 2.26. The van der Waals surface area contributed by atoms with E-state index in [1.54, 1.807) is 0 Å². The van der Waals surface area contributed by atoms with E-state index < -0.39 is 0 Å². The monoisotopic (exact) mass is 387 g/mol. The zero-order valence-corrected chi connectivity index (χ0v) is 17.7. The maximum atomic E-state index is 12.5. The Balaban J connectivity index is 1.25. The molecule has 0 aromatic carbocycles. The normalized spacial score (nSPS) is 25.1. The summed E-state index contributed by atoms with van der Waals surface area (Å²) in [6.45, 7) is 10.8. The van der Waals surface area contributed by atoms with Gasteiger partial charge in [-0.05, 0) is 71.5 Å². The van der Waals surface area contributed by atoms with Gasteiger partial charge in [-0.25, -0.2) is 0 Å². The Bertz CT molecular complexity index is 660. The summed E-state index contributed by atoms with van der Waals surface area (Å²) in [6.07, 6.45) is 10.4. The molecule has 156 valence electrons. The molecule has 1 amide bonds. The van der Waals surface area contributed by atoms with Crippen molar-refractivity contribution in [3.05, 3.63) is 17.5 Å².